The summed E-state index contributed by atoms with van der Waals surface area (Å²) in [6, 6.07) is 0. The molecule has 0 aliphatic heterocycles. The normalized spacial score (nSPS) is 11.6. The third kappa shape index (κ3) is 43.4. The van der Waals surface area contributed by atoms with E-state index in [-0.39, 0.29) is 0 Å². The molecule has 14 nitrogen and oxygen atoms in total. The van der Waals surface area contributed by atoms with Gasteiger partial charge in [0.1, 0.15) is 0 Å². The fourth-order valence-corrected chi connectivity index (χ4v) is 3.16. The molecular weight excluding hydrogens is 594 g/mol. The molecular formula is C31H65NO13. The van der Waals surface area contributed by atoms with Crippen molar-refractivity contribution < 1.29 is 61.6 Å². The van der Waals surface area contributed by atoms with Crippen LogP contribution in [-0.2, 0) is 61.6 Å². The second-order valence-electron chi connectivity index (χ2n) is 9.42. The number of nitrogens with one attached hydrogen (secondary N) is 1. The first-order chi connectivity index (χ1) is 22.4. The monoisotopic (exact) mass is 659 g/mol. The summed E-state index contributed by atoms with van der Waals surface area (Å²) in [5.41, 5.74) is 0. The molecule has 0 rings (SSSR count). The summed E-state index contributed by atoms with van der Waals surface area (Å²) in [5.74, 6) is 0. The molecule has 1 N–H and O–H groups in total. The maximum Gasteiger partial charge on any atom is 0.0701 e. The molecule has 0 atom stereocenters. The highest BCUT2D eigenvalue weighted by atomic mass is 16.6. The van der Waals surface area contributed by atoms with Crippen molar-refractivity contribution in [2.45, 2.75) is 19.8 Å². The van der Waals surface area contributed by atoms with E-state index >= 15 is 0 Å². The Balaban J connectivity index is 3.03. The molecule has 0 saturated heterocycles. The van der Waals surface area contributed by atoms with Gasteiger partial charge in [-0.2, -0.15) is 0 Å². The fourth-order valence-electron chi connectivity index (χ4n) is 3.16. The summed E-state index contributed by atoms with van der Waals surface area (Å²) < 4.78 is 70.9. The lowest BCUT2D eigenvalue weighted by Crippen LogP contribution is -2.17. The summed E-state index contributed by atoms with van der Waals surface area (Å²) in [6.45, 7) is 17.5. The third-order valence-corrected chi connectivity index (χ3v) is 5.60. The molecule has 0 aromatic heterocycles. The molecule has 0 saturated carbocycles. The third-order valence-electron chi connectivity index (χ3n) is 5.60. The van der Waals surface area contributed by atoms with Gasteiger partial charge in [0.2, 0.25) is 0 Å². The molecule has 0 amide bonds. The van der Waals surface area contributed by atoms with Crippen LogP contribution in [0, 0.1) is 0 Å². The van der Waals surface area contributed by atoms with Gasteiger partial charge in [-0.25, -0.2) is 0 Å². The molecule has 0 fully saturated rings. The predicted molar refractivity (Wildman–Crippen MR) is 169 cm³/mol. The van der Waals surface area contributed by atoms with E-state index in [1.807, 2.05) is 7.05 Å². The zero-order valence-corrected chi connectivity index (χ0v) is 28.3. The van der Waals surface area contributed by atoms with E-state index in [2.05, 4.69) is 12.2 Å². The van der Waals surface area contributed by atoms with Crippen LogP contribution in [0.4, 0.5) is 0 Å². The average molecular weight is 660 g/mol. The Kier molecular flexibility index (Phi) is 42.9. The van der Waals surface area contributed by atoms with E-state index in [0.717, 1.165) is 26.0 Å². The quantitative estimate of drug-likeness (QED) is 0.0942. The Hall–Kier alpha value is -0.560. The van der Waals surface area contributed by atoms with Crippen LogP contribution >= 0.6 is 0 Å². The molecule has 0 spiro atoms. The molecule has 14 heteroatoms. The van der Waals surface area contributed by atoms with E-state index < -0.39 is 0 Å². The lowest BCUT2D eigenvalue weighted by atomic mass is 10.4. The van der Waals surface area contributed by atoms with Crippen molar-refractivity contribution in [1.82, 2.24) is 5.32 Å². The lowest BCUT2D eigenvalue weighted by Gasteiger charge is -2.09. The first kappa shape index (κ1) is 44.4. The maximum atomic E-state index is 5.48. The van der Waals surface area contributed by atoms with Gasteiger partial charge >= 0.3 is 0 Å². The smallest absolute Gasteiger partial charge is 0.0701 e. The fraction of sp³-hybridized carbons (Fsp3) is 1.00. The molecule has 272 valence electrons. The van der Waals surface area contributed by atoms with Gasteiger partial charge in [-0.05, 0) is 13.5 Å². The largest absolute Gasteiger partial charge is 0.379 e. The standard InChI is InChI=1S/C31H65NO13/c1-3-4-6-33-8-10-35-12-14-37-16-18-39-20-22-41-24-26-43-28-30-45-31-29-44-27-25-42-23-21-40-19-17-38-15-13-36-11-9-34-7-5-32-2/h32H,3-31H2,1-2H3. The Morgan fingerprint density at radius 2 is 0.444 bits per heavy atom. The molecule has 0 radical (unpaired) electrons. The number of likely N-dealkylation sites (N-methyl/N-ethyl adjacent to an activating group) is 1. The Labute approximate surface area is 272 Å². The summed E-state index contributed by atoms with van der Waals surface area (Å²) in [5, 5.41) is 3.02. The van der Waals surface area contributed by atoms with Crippen molar-refractivity contribution in [2.75, 3.05) is 185 Å². The minimum absolute atomic E-state index is 0.515. The average Bonchev–Trinajstić information content (AvgIpc) is 3.05. The van der Waals surface area contributed by atoms with Crippen LogP contribution in [0.15, 0.2) is 0 Å². The van der Waals surface area contributed by atoms with Gasteiger partial charge < -0.3 is 66.9 Å². The number of hydrogen-bond acceptors (Lipinski definition) is 14. The SMILES string of the molecule is CCCCOCCOCCOCCOCCOCCOCCOCCOCCOCCOCCOCCOCCOCCNC. The molecule has 0 aliphatic rings. The number of hydrogen-bond donors (Lipinski definition) is 1. The number of ether oxygens (including phenoxy) is 13. The van der Waals surface area contributed by atoms with Crippen molar-refractivity contribution in [1.29, 1.82) is 0 Å². The first-order valence-electron chi connectivity index (χ1n) is 16.6. The van der Waals surface area contributed by atoms with Crippen molar-refractivity contribution in [2.24, 2.45) is 0 Å². The van der Waals surface area contributed by atoms with Crippen molar-refractivity contribution in [3.8, 4) is 0 Å². The Bertz CT molecular complexity index is 470. The van der Waals surface area contributed by atoms with Crippen LogP contribution in [0.2, 0.25) is 0 Å². The molecule has 0 bridgehead atoms. The Morgan fingerprint density at radius 3 is 0.622 bits per heavy atom. The second-order valence-corrected chi connectivity index (χ2v) is 9.42. The zero-order valence-electron chi connectivity index (χ0n) is 28.3. The van der Waals surface area contributed by atoms with E-state index in [0.29, 0.717) is 165 Å². The summed E-state index contributed by atoms with van der Waals surface area (Å²) in [6.07, 6.45) is 2.24. The molecule has 0 heterocycles. The molecule has 0 unspecified atom stereocenters. The summed E-state index contributed by atoms with van der Waals surface area (Å²) in [7, 11) is 1.90. The first-order valence-corrected chi connectivity index (χ1v) is 16.6. The highest BCUT2D eigenvalue weighted by Crippen LogP contribution is 1.89. The Morgan fingerprint density at radius 1 is 0.267 bits per heavy atom. The number of unbranched alkanes of at least 4 members (excludes halogenated alkanes) is 1. The van der Waals surface area contributed by atoms with Gasteiger partial charge in [0.25, 0.3) is 0 Å². The summed E-state index contributed by atoms with van der Waals surface area (Å²) >= 11 is 0. The van der Waals surface area contributed by atoms with E-state index in [1.165, 1.54) is 0 Å². The van der Waals surface area contributed by atoms with Crippen LogP contribution < -0.4 is 5.32 Å². The van der Waals surface area contributed by atoms with Crippen molar-refractivity contribution >= 4 is 0 Å². The van der Waals surface area contributed by atoms with E-state index in [1.54, 1.807) is 0 Å². The second kappa shape index (κ2) is 43.4. The minimum Gasteiger partial charge on any atom is -0.379 e. The predicted octanol–water partition coefficient (Wildman–Crippen LogP) is 1.22. The molecule has 0 aromatic rings. The minimum atomic E-state index is 0.515. The van der Waals surface area contributed by atoms with Gasteiger partial charge in [-0.15, -0.1) is 0 Å². The molecule has 45 heavy (non-hydrogen) atoms. The molecule has 0 aromatic carbocycles. The van der Waals surface area contributed by atoms with Gasteiger partial charge in [0.15, 0.2) is 0 Å². The van der Waals surface area contributed by atoms with Crippen LogP contribution in [0.25, 0.3) is 0 Å². The zero-order chi connectivity index (χ0) is 32.4. The van der Waals surface area contributed by atoms with E-state index in [4.69, 9.17) is 61.6 Å². The van der Waals surface area contributed by atoms with Crippen LogP contribution in [0.1, 0.15) is 19.8 Å². The van der Waals surface area contributed by atoms with Gasteiger partial charge in [0.05, 0.1) is 165 Å². The summed E-state index contributed by atoms with van der Waals surface area (Å²) in [4.78, 5) is 0. The van der Waals surface area contributed by atoms with Crippen molar-refractivity contribution in [3.63, 3.8) is 0 Å². The van der Waals surface area contributed by atoms with Crippen LogP contribution in [0.5, 0.6) is 0 Å². The highest BCUT2D eigenvalue weighted by Gasteiger charge is 1.97. The van der Waals surface area contributed by atoms with Gasteiger partial charge in [0, 0.05) is 13.2 Å². The maximum absolute atomic E-state index is 5.48. The number of rotatable bonds is 42. The molecule has 0 aliphatic carbocycles. The van der Waals surface area contributed by atoms with Gasteiger partial charge in [-0.3, -0.25) is 0 Å². The topological polar surface area (TPSA) is 132 Å². The van der Waals surface area contributed by atoms with E-state index in [9.17, 15) is 0 Å². The van der Waals surface area contributed by atoms with Crippen LogP contribution in [-0.4, -0.2) is 185 Å². The van der Waals surface area contributed by atoms with Gasteiger partial charge in [-0.1, -0.05) is 13.3 Å². The highest BCUT2D eigenvalue weighted by molar-refractivity contribution is 4.40. The van der Waals surface area contributed by atoms with Crippen LogP contribution in [0.3, 0.4) is 0 Å². The lowest BCUT2D eigenvalue weighted by molar-refractivity contribution is -0.0290. The van der Waals surface area contributed by atoms with Crippen molar-refractivity contribution in [3.05, 3.63) is 0 Å².